The molecule has 0 spiro atoms. The Morgan fingerprint density at radius 1 is 1.08 bits per heavy atom. The molecule has 4 rings (SSSR count). The number of benzene rings is 2. The Kier molecular flexibility index (Phi) is 4.27. The van der Waals surface area contributed by atoms with Crippen molar-refractivity contribution in [1.82, 2.24) is 9.97 Å². The maximum absolute atomic E-state index is 5.36. The molecule has 0 N–H and O–H groups in total. The zero-order valence-electron chi connectivity index (χ0n) is 15.9. The van der Waals surface area contributed by atoms with Crippen LogP contribution in [-0.4, -0.2) is 23.6 Å². The van der Waals surface area contributed by atoms with Gasteiger partial charge in [0, 0.05) is 17.6 Å². The fourth-order valence-electron chi connectivity index (χ4n) is 3.98. The van der Waals surface area contributed by atoms with Gasteiger partial charge in [0.25, 0.3) is 0 Å². The lowest BCUT2D eigenvalue weighted by Crippen LogP contribution is -2.32. The van der Waals surface area contributed by atoms with Crippen molar-refractivity contribution in [3.63, 3.8) is 0 Å². The molecule has 2 heterocycles. The highest BCUT2D eigenvalue weighted by Gasteiger charge is 2.25. The van der Waals surface area contributed by atoms with Crippen LogP contribution in [0.4, 0.5) is 5.69 Å². The molecular weight excluding hydrogens is 322 g/mol. The molecule has 4 nitrogen and oxygen atoms in total. The molecule has 1 aliphatic heterocycles. The summed E-state index contributed by atoms with van der Waals surface area (Å²) in [6.45, 7) is 8.33. The Hall–Kier alpha value is -2.62. The third-order valence-electron chi connectivity index (χ3n) is 5.24. The largest absolute Gasteiger partial charge is 0.467 e. The molecule has 0 bridgehead atoms. The maximum atomic E-state index is 5.36. The molecule has 134 valence electrons. The first-order chi connectivity index (χ1) is 12.6. The minimum Gasteiger partial charge on any atom is -0.467 e. The SMILES string of the molecule is COc1nc2c(c(C(C)C)n1)CCN(c1cccc3cccc(C)c13)C2. The second kappa shape index (κ2) is 6.60. The fourth-order valence-corrected chi connectivity index (χ4v) is 3.98. The third-order valence-corrected chi connectivity index (χ3v) is 5.24. The van der Waals surface area contributed by atoms with Crippen LogP contribution in [0, 0.1) is 6.92 Å². The van der Waals surface area contributed by atoms with Gasteiger partial charge in [0.05, 0.1) is 25.0 Å². The van der Waals surface area contributed by atoms with Gasteiger partial charge in [-0.05, 0) is 41.8 Å². The fraction of sp³-hybridized carbons (Fsp3) is 0.364. The normalized spacial score (nSPS) is 14.0. The maximum Gasteiger partial charge on any atom is 0.316 e. The van der Waals surface area contributed by atoms with Crippen LogP contribution in [0.2, 0.25) is 0 Å². The van der Waals surface area contributed by atoms with Crippen LogP contribution in [0.1, 0.15) is 42.3 Å². The summed E-state index contributed by atoms with van der Waals surface area (Å²) in [7, 11) is 1.64. The number of aryl methyl sites for hydroxylation is 1. The van der Waals surface area contributed by atoms with Crippen molar-refractivity contribution in [1.29, 1.82) is 0 Å². The quantitative estimate of drug-likeness (QED) is 0.692. The summed E-state index contributed by atoms with van der Waals surface area (Å²) in [6, 6.07) is 13.5. The van der Waals surface area contributed by atoms with E-state index in [1.54, 1.807) is 7.11 Å². The van der Waals surface area contributed by atoms with E-state index in [9.17, 15) is 0 Å². The Morgan fingerprint density at radius 3 is 2.58 bits per heavy atom. The molecule has 0 atom stereocenters. The zero-order chi connectivity index (χ0) is 18.3. The Labute approximate surface area is 154 Å². The highest BCUT2D eigenvalue weighted by molar-refractivity contribution is 5.96. The van der Waals surface area contributed by atoms with Gasteiger partial charge in [-0.15, -0.1) is 0 Å². The van der Waals surface area contributed by atoms with Crippen LogP contribution in [0.5, 0.6) is 6.01 Å². The number of ether oxygens (including phenoxy) is 1. The van der Waals surface area contributed by atoms with Crippen molar-refractivity contribution in [2.24, 2.45) is 0 Å². The van der Waals surface area contributed by atoms with E-state index in [0.717, 1.165) is 30.9 Å². The molecule has 2 aromatic carbocycles. The zero-order valence-corrected chi connectivity index (χ0v) is 15.9. The van der Waals surface area contributed by atoms with Crippen LogP contribution in [0.15, 0.2) is 36.4 Å². The van der Waals surface area contributed by atoms with Crippen LogP contribution < -0.4 is 9.64 Å². The summed E-state index contributed by atoms with van der Waals surface area (Å²) in [6.07, 6.45) is 0.967. The predicted octanol–water partition coefficient (Wildman–Crippen LogP) is 4.63. The molecule has 0 radical (unpaired) electrons. The summed E-state index contributed by atoms with van der Waals surface area (Å²) >= 11 is 0. The van der Waals surface area contributed by atoms with E-state index in [0.29, 0.717) is 11.9 Å². The first-order valence-corrected chi connectivity index (χ1v) is 9.25. The van der Waals surface area contributed by atoms with E-state index < -0.39 is 0 Å². The minimum absolute atomic E-state index is 0.368. The van der Waals surface area contributed by atoms with Crippen LogP contribution in [0.3, 0.4) is 0 Å². The second-order valence-electron chi connectivity index (χ2n) is 7.30. The summed E-state index contributed by atoms with van der Waals surface area (Å²) in [5.74, 6) is 0.368. The van der Waals surface area contributed by atoms with Crippen molar-refractivity contribution in [2.75, 3.05) is 18.6 Å². The monoisotopic (exact) mass is 347 g/mol. The number of rotatable bonds is 3. The molecule has 4 heteroatoms. The summed E-state index contributed by atoms with van der Waals surface area (Å²) in [5.41, 5.74) is 6.12. The Bertz CT molecular complexity index is 960. The molecule has 3 aromatic rings. The number of aromatic nitrogens is 2. The van der Waals surface area contributed by atoms with E-state index in [2.05, 4.69) is 72.0 Å². The first-order valence-electron chi connectivity index (χ1n) is 9.25. The topological polar surface area (TPSA) is 38.3 Å². The molecule has 0 fully saturated rings. The van der Waals surface area contributed by atoms with Gasteiger partial charge < -0.3 is 9.64 Å². The van der Waals surface area contributed by atoms with Crippen molar-refractivity contribution in [2.45, 2.75) is 39.7 Å². The Balaban J connectivity index is 1.79. The summed E-state index contributed by atoms with van der Waals surface area (Å²) in [4.78, 5) is 11.7. The average molecular weight is 347 g/mol. The Morgan fingerprint density at radius 2 is 1.85 bits per heavy atom. The van der Waals surface area contributed by atoms with Gasteiger partial charge in [-0.2, -0.15) is 9.97 Å². The molecule has 1 aromatic heterocycles. The molecule has 0 saturated heterocycles. The lowest BCUT2D eigenvalue weighted by molar-refractivity contribution is 0.373. The van der Waals surface area contributed by atoms with Crippen molar-refractivity contribution >= 4 is 16.5 Å². The molecule has 0 unspecified atom stereocenters. The highest BCUT2D eigenvalue weighted by Crippen LogP contribution is 2.34. The number of methoxy groups -OCH3 is 1. The average Bonchev–Trinajstić information content (AvgIpc) is 2.66. The first kappa shape index (κ1) is 16.8. The van der Waals surface area contributed by atoms with Crippen molar-refractivity contribution in [3.05, 3.63) is 58.9 Å². The summed E-state index contributed by atoms with van der Waals surface area (Å²) < 4.78 is 5.36. The lowest BCUT2D eigenvalue weighted by Gasteiger charge is -2.32. The van der Waals surface area contributed by atoms with Gasteiger partial charge in [-0.25, -0.2) is 0 Å². The van der Waals surface area contributed by atoms with E-state index in [1.807, 2.05) is 0 Å². The molecule has 0 aliphatic carbocycles. The minimum atomic E-state index is 0.368. The van der Waals surface area contributed by atoms with Crippen molar-refractivity contribution < 1.29 is 4.74 Å². The third kappa shape index (κ3) is 2.79. The standard InChI is InChI=1S/C22H25N3O/c1-14(2)21-17-11-12-25(13-18(17)23-22(24-21)26-4)19-10-6-9-16-8-5-7-15(3)20(16)19/h5-10,14H,11-13H2,1-4H3. The summed E-state index contributed by atoms with van der Waals surface area (Å²) in [5, 5.41) is 2.62. The van der Waals surface area contributed by atoms with Crippen LogP contribution in [-0.2, 0) is 13.0 Å². The number of fused-ring (bicyclic) bond motifs is 2. The number of hydrogen-bond acceptors (Lipinski definition) is 4. The molecule has 1 aliphatic rings. The number of anilines is 1. The smallest absolute Gasteiger partial charge is 0.316 e. The predicted molar refractivity (Wildman–Crippen MR) is 106 cm³/mol. The van der Waals surface area contributed by atoms with Gasteiger partial charge in [-0.1, -0.05) is 44.2 Å². The number of hydrogen-bond donors (Lipinski definition) is 0. The van der Waals surface area contributed by atoms with E-state index in [-0.39, 0.29) is 0 Å². The van der Waals surface area contributed by atoms with Crippen LogP contribution in [0.25, 0.3) is 10.8 Å². The van der Waals surface area contributed by atoms with Gasteiger partial charge in [0.2, 0.25) is 0 Å². The van der Waals surface area contributed by atoms with Gasteiger partial charge in [0.1, 0.15) is 0 Å². The van der Waals surface area contributed by atoms with Crippen LogP contribution >= 0.6 is 0 Å². The van der Waals surface area contributed by atoms with E-state index >= 15 is 0 Å². The van der Waals surface area contributed by atoms with Gasteiger partial charge >= 0.3 is 6.01 Å². The van der Waals surface area contributed by atoms with Crippen molar-refractivity contribution in [3.8, 4) is 6.01 Å². The second-order valence-corrected chi connectivity index (χ2v) is 7.30. The lowest BCUT2D eigenvalue weighted by atomic mass is 9.95. The molecular formula is C22H25N3O. The van der Waals surface area contributed by atoms with Gasteiger partial charge in [0.15, 0.2) is 0 Å². The number of nitrogens with zero attached hydrogens (tertiary/aromatic N) is 3. The van der Waals surface area contributed by atoms with E-state index in [1.165, 1.54) is 27.6 Å². The van der Waals surface area contributed by atoms with E-state index in [4.69, 9.17) is 4.74 Å². The highest BCUT2D eigenvalue weighted by atomic mass is 16.5. The van der Waals surface area contributed by atoms with Gasteiger partial charge in [-0.3, -0.25) is 0 Å². The molecule has 0 saturated carbocycles. The molecule has 26 heavy (non-hydrogen) atoms. The molecule has 0 amide bonds.